The highest BCUT2D eigenvalue weighted by Crippen LogP contribution is 2.29. The lowest BCUT2D eigenvalue weighted by Gasteiger charge is -2.31. The van der Waals surface area contributed by atoms with Gasteiger partial charge in [-0.3, -0.25) is 4.79 Å². The molecule has 7 heteroatoms. The number of hydrogen-bond donors (Lipinski definition) is 1. The Labute approximate surface area is 161 Å². The Morgan fingerprint density at radius 3 is 2.48 bits per heavy atom. The number of carbonyl (C=O) groups is 1. The summed E-state index contributed by atoms with van der Waals surface area (Å²) in [4.78, 5) is 16.9. The Bertz CT molecular complexity index is 695. The molecule has 0 unspecified atom stereocenters. The first-order valence-electron chi connectivity index (χ1n) is 8.24. The molecule has 140 valence electrons. The van der Waals surface area contributed by atoms with Gasteiger partial charge >= 0.3 is 0 Å². The van der Waals surface area contributed by atoms with Crippen molar-refractivity contribution in [3.8, 4) is 0 Å². The highest BCUT2D eigenvalue weighted by atomic mass is 35.5. The predicted molar refractivity (Wildman–Crippen MR) is 106 cm³/mol. The topological polar surface area (TPSA) is 62.7 Å². The van der Waals surface area contributed by atoms with Gasteiger partial charge in [0.05, 0.1) is 0 Å². The van der Waals surface area contributed by atoms with Crippen LogP contribution in [0.5, 0.6) is 0 Å². The van der Waals surface area contributed by atoms with Gasteiger partial charge in [-0.05, 0) is 45.5 Å². The van der Waals surface area contributed by atoms with E-state index in [4.69, 9.17) is 10.2 Å². The van der Waals surface area contributed by atoms with Gasteiger partial charge in [-0.25, -0.2) is 0 Å². The van der Waals surface area contributed by atoms with Crippen LogP contribution in [0, 0.1) is 5.92 Å². The molecule has 25 heavy (non-hydrogen) atoms. The smallest absolute Gasteiger partial charge is 0.289 e. The number of likely N-dealkylation sites (tertiary alicyclic amines) is 1. The molecule has 2 N–H and O–H groups in total. The number of piperidine rings is 1. The van der Waals surface area contributed by atoms with Crippen molar-refractivity contribution in [1.82, 2.24) is 9.80 Å². The second kappa shape index (κ2) is 9.43. The molecule has 1 fully saturated rings. The zero-order chi connectivity index (χ0) is 16.4. The van der Waals surface area contributed by atoms with Crippen molar-refractivity contribution in [2.24, 2.45) is 11.7 Å². The number of fused-ring (bicyclic) bond motifs is 1. The van der Waals surface area contributed by atoms with Crippen molar-refractivity contribution in [1.29, 1.82) is 0 Å². The third-order valence-electron chi connectivity index (χ3n) is 4.60. The Balaban J connectivity index is 0.00000156. The molecule has 0 saturated carbocycles. The van der Waals surface area contributed by atoms with E-state index in [1.165, 1.54) is 0 Å². The van der Waals surface area contributed by atoms with Crippen LogP contribution in [-0.4, -0.2) is 49.4 Å². The molecule has 0 spiro atoms. The average Bonchev–Trinajstić information content (AvgIpc) is 2.92. The number of hydrogen-bond acceptors (Lipinski definition) is 4. The van der Waals surface area contributed by atoms with Crippen molar-refractivity contribution in [2.75, 3.05) is 33.7 Å². The van der Waals surface area contributed by atoms with E-state index in [2.05, 4.69) is 4.90 Å². The molecule has 1 aliphatic rings. The number of carbonyl (C=O) groups excluding carboxylic acids is 1. The summed E-state index contributed by atoms with van der Waals surface area (Å²) >= 11 is 0. The van der Waals surface area contributed by atoms with E-state index in [9.17, 15) is 4.79 Å². The summed E-state index contributed by atoms with van der Waals surface area (Å²) in [6, 6.07) is 7.87. The van der Waals surface area contributed by atoms with Crippen LogP contribution >= 0.6 is 24.8 Å². The summed E-state index contributed by atoms with van der Waals surface area (Å²) in [5, 5.41) is 1.03. The molecular formula is C18H27Cl2N3O2. The van der Waals surface area contributed by atoms with E-state index in [-0.39, 0.29) is 30.7 Å². The van der Waals surface area contributed by atoms with Gasteiger partial charge in [0.1, 0.15) is 5.58 Å². The van der Waals surface area contributed by atoms with Crippen LogP contribution in [0.2, 0.25) is 0 Å². The first kappa shape index (κ1) is 21.8. The largest absolute Gasteiger partial charge is 0.451 e. The normalized spacial score (nSPS) is 15.1. The van der Waals surface area contributed by atoms with Crippen LogP contribution in [0.1, 0.15) is 29.0 Å². The number of benzene rings is 1. The number of halogens is 2. The molecular weight excluding hydrogens is 361 g/mol. The van der Waals surface area contributed by atoms with Crippen molar-refractivity contribution < 1.29 is 9.21 Å². The van der Waals surface area contributed by atoms with E-state index in [0.717, 1.165) is 42.5 Å². The van der Waals surface area contributed by atoms with Crippen molar-refractivity contribution >= 4 is 41.7 Å². The molecule has 0 radical (unpaired) electrons. The molecule has 0 aliphatic carbocycles. The van der Waals surface area contributed by atoms with Gasteiger partial charge in [0.15, 0.2) is 5.76 Å². The number of furan rings is 1. The fraction of sp³-hybridized carbons (Fsp3) is 0.500. The van der Waals surface area contributed by atoms with E-state index < -0.39 is 0 Å². The molecule has 1 saturated heterocycles. The van der Waals surface area contributed by atoms with E-state index in [1.807, 2.05) is 43.3 Å². The fourth-order valence-electron chi connectivity index (χ4n) is 3.26. The first-order chi connectivity index (χ1) is 11.1. The van der Waals surface area contributed by atoms with Gasteiger partial charge in [-0.2, -0.15) is 0 Å². The van der Waals surface area contributed by atoms with Crippen LogP contribution in [0.4, 0.5) is 0 Å². The van der Waals surface area contributed by atoms with Gasteiger partial charge < -0.3 is 20.0 Å². The summed E-state index contributed by atoms with van der Waals surface area (Å²) in [6.07, 6.45) is 1.96. The number of rotatable bonds is 4. The maximum atomic E-state index is 12.9. The highest BCUT2D eigenvalue weighted by Gasteiger charge is 2.28. The van der Waals surface area contributed by atoms with Crippen LogP contribution in [-0.2, 0) is 6.54 Å². The Hall–Kier alpha value is -1.27. The number of amides is 1. The summed E-state index contributed by atoms with van der Waals surface area (Å²) in [6.45, 7) is 2.92. The molecule has 0 bridgehead atoms. The highest BCUT2D eigenvalue weighted by molar-refractivity contribution is 5.99. The zero-order valence-electron chi connectivity index (χ0n) is 14.7. The predicted octanol–water partition coefficient (Wildman–Crippen LogP) is 3.15. The molecule has 0 atom stereocenters. The maximum absolute atomic E-state index is 12.9. The first-order valence-corrected chi connectivity index (χ1v) is 8.24. The Morgan fingerprint density at radius 1 is 1.24 bits per heavy atom. The molecule has 5 nitrogen and oxygen atoms in total. The third kappa shape index (κ3) is 4.67. The van der Waals surface area contributed by atoms with Gasteiger partial charge in [0, 0.05) is 30.6 Å². The SMILES string of the molecule is CN(C)Cc1c(C(=O)N2CCC(CN)CC2)oc2ccccc12.Cl.Cl. The van der Waals surface area contributed by atoms with Crippen molar-refractivity contribution in [3.63, 3.8) is 0 Å². The molecule has 2 heterocycles. The van der Waals surface area contributed by atoms with Crippen LogP contribution in [0.3, 0.4) is 0 Å². The molecule has 1 aromatic heterocycles. The molecule has 3 rings (SSSR count). The molecule has 1 amide bonds. The number of nitrogens with zero attached hydrogens (tertiary/aromatic N) is 2. The second-order valence-electron chi connectivity index (χ2n) is 6.61. The Kier molecular flexibility index (Phi) is 8.22. The fourth-order valence-corrected chi connectivity index (χ4v) is 3.26. The third-order valence-corrected chi connectivity index (χ3v) is 4.60. The Morgan fingerprint density at radius 2 is 1.88 bits per heavy atom. The minimum absolute atomic E-state index is 0. The van der Waals surface area contributed by atoms with E-state index in [0.29, 0.717) is 24.8 Å². The lowest BCUT2D eigenvalue weighted by atomic mass is 9.97. The van der Waals surface area contributed by atoms with Crippen molar-refractivity contribution in [2.45, 2.75) is 19.4 Å². The zero-order valence-corrected chi connectivity index (χ0v) is 16.4. The standard InChI is InChI=1S/C18H25N3O2.2ClH/c1-20(2)12-15-14-5-3-4-6-16(14)23-17(15)18(22)21-9-7-13(11-19)8-10-21;;/h3-6,13H,7-12,19H2,1-2H3;2*1H. The maximum Gasteiger partial charge on any atom is 0.289 e. The summed E-state index contributed by atoms with van der Waals surface area (Å²) < 4.78 is 5.93. The van der Waals surface area contributed by atoms with Gasteiger partial charge in [-0.15, -0.1) is 24.8 Å². The van der Waals surface area contributed by atoms with Gasteiger partial charge in [0.2, 0.25) is 0 Å². The summed E-state index contributed by atoms with van der Waals surface area (Å²) in [5.74, 6) is 1.04. The quantitative estimate of drug-likeness (QED) is 0.874. The monoisotopic (exact) mass is 387 g/mol. The van der Waals surface area contributed by atoms with Gasteiger partial charge in [-0.1, -0.05) is 18.2 Å². The molecule has 1 aliphatic heterocycles. The lowest BCUT2D eigenvalue weighted by molar-refractivity contribution is 0.0661. The number of para-hydroxylation sites is 1. The second-order valence-corrected chi connectivity index (χ2v) is 6.61. The van der Waals surface area contributed by atoms with E-state index >= 15 is 0 Å². The van der Waals surface area contributed by atoms with E-state index in [1.54, 1.807) is 0 Å². The van der Waals surface area contributed by atoms with Crippen LogP contribution in [0.25, 0.3) is 11.0 Å². The van der Waals surface area contributed by atoms with Crippen molar-refractivity contribution in [3.05, 3.63) is 35.6 Å². The number of nitrogens with two attached hydrogens (primary N) is 1. The lowest BCUT2D eigenvalue weighted by Crippen LogP contribution is -2.40. The molecule has 2 aromatic rings. The summed E-state index contributed by atoms with van der Waals surface area (Å²) in [7, 11) is 4.01. The summed E-state index contributed by atoms with van der Waals surface area (Å²) in [5.41, 5.74) is 7.50. The minimum Gasteiger partial charge on any atom is -0.451 e. The van der Waals surface area contributed by atoms with Crippen LogP contribution in [0.15, 0.2) is 28.7 Å². The minimum atomic E-state index is 0. The molecule has 1 aromatic carbocycles. The van der Waals surface area contributed by atoms with Gasteiger partial charge in [0.25, 0.3) is 5.91 Å². The van der Waals surface area contributed by atoms with Crippen LogP contribution < -0.4 is 5.73 Å². The average molecular weight is 388 g/mol.